The molecule has 1 atom stereocenters. The van der Waals surface area contributed by atoms with Crippen molar-refractivity contribution in [1.82, 2.24) is 10.3 Å². The van der Waals surface area contributed by atoms with Gasteiger partial charge in [-0.25, -0.2) is 0 Å². The Labute approximate surface area is 155 Å². The van der Waals surface area contributed by atoms with Gasteiger partial charge in [0.1, 0.15) is 19.5 Å². The second-order valence-corrected chi connectivity index (χ2v) is 6.56. The van der Waals surface area contributed by atoms with Crippen LogP contribution in [0, 0.1) is 17.2 Å². The Morgan fingerprint density at radius 3 is 2.58 bits per heavy atom. The Hall–Kier alpha value is -2.87. The van der Waals surface area contributed by atoms with Crippen LogP contribution in [0.1, 0.15) is 43.0 Å². The van der Waals surface area contributed by atoms with E-state index in [-0.39, 0.29) is 17.5 Å². The summed E-state index contributed by atoms with van der Waals surface area (Å²) >= 11 is 0. The summed E-state index contributed by atoms with van der Waals surface area (Å²) in [7, 11) is 5.67. The number of carbonyl (C=O) groups is 1. The zero-order valence-corrected chi connectivity index (χ0v) is 14.6. The SMILES string of the molecule is [B]c1cccc(/C=C(\C#N)C(=O)N[C@H](c2ccccc2)C2CCCC2)n1. The molecule has 2 aromatic rings. The lowest BCUT2D eigenvalue weighted by Gasteiger charge is -2.25. The lowest BCUT2D eigenvalue weighted by Crippen LogP contribution is -2.33. The largest absolute Gasteiger partial charge is 0.344 e. The lowest BCUT2D eigenvalue weighted by atomic mass is 9.91. The molecule has 4 nitrogen and oxygen atoms in total. The van der Waals surface area contributed by atoms with Crippen LogP contribution >= 0.6 is 0 Å². The van der Waals surface area contributed by atoms with Gasteiger partial charge in [-0.15, -0.1) is 0 Å². The van der Waals surface area contributed by atoms with Crippen molar-refractivity contribution >= 4 is 25.4 Å². The van der Waals surface area contributed by atoms with E-state index in [1.165, 1.54) is 18.9 Å². The fourth-order valence-corrected chi connectivity index (χ4v) is 3.49. The molecule has 0 unspecified atom stereocenters. The quantitative estimate of drug-likeness (QED) is 0.517. The second-order valence-electron chi connectivity index (χ2n) is 6.56. The topological polar surface area (TPSA) is 65.8 Å². The number of rotatable bonds is 5. The van der Waals surface area contributed by atoms with Crippen LogP contribution in [0.15, 0.2) is 54.1 Å². The van der Waals surface area contributed by atoms with E-state index in [4.69, 9.17) is 7.85 Å². The van der Waals surface area contributed by atoms with E-state index in [0.29, 0.717) is 17.2 Å². The molecule has 1 N–H and O–H groups in total. The van der Waals surface area contributed by atoms with Crippen molar-refractivity contribution in [2.45, 2.75) is 31.7 Å². The minimum Gasteiger partial charge on any atom is -0.344 e. The van der Waals surface area contributed by atoms with Gasteiger partial charge in [0, 0.05) is 0 Å². The third kappa shape index (κ3) is 4.40. The van der Waals surface area contributed by atoms with Crippen molar-refractivity contribution in [3.05, 3.63) is 65.4 Å². The zero-order valence-electron chi connectivity index (χ0n) is 14.6. The van der Waals surface area contributed by atoms with Crippen molar-refractivity contribution in [3.8, 4) is 6.07 Å². The zero-order chi connectivity index (χ0) is 18.4. The smallest absolute Gasteiger partial charge is 0.262 e. The molecule has 1 aliphatic rings. The Balaban J connectivity index is 1.83. The lowest BCUT2D eigenvalue weighted by molar-refractivity contribution is -0.118. The number of hydrogen-bond donors (Lipinski definition) is 1. The molecule has 1 heterocycles. The minimum absolute atomic E-state index is 0.0297. The fourth-order valence-electron chi connectivity index (χ4n) is 3.49. The Morgan fingerprint density at radius 1 is 1.19 bits per heavy atom. The summed E-state index contributed by atoms with van der Waals surface area (Å²) in [6.07, 6.45) is 6.00. The molecule has 5 heteroatoms. The molecule has 1 saturated carbocycles. The molecule has 0 aliphatic heterocycles. The van der Waals surface area contributed by atoms with Gasteiger partial charge in [0.05, 0.1) is 11.7 Å². The highest BCUT2D eigenvalue weighted by Crippen LogP contribution is 2.35. The number of aromatic nitrogens is 1. The summed E-state index contributed by atoms with van der Waals surface area (Å²) in [5.41, 5.74) is 1.95. The highest BCUT2D eigenvalue weighted by Gasteiger charge is 2.28. The summed E-state index contributed by atoms with van der Waals surface area (Å²) in [5, 5.41) is 12.5. The van der Waals surface area contributed by atoms with Gasteiger partial charge in [-0.3, -0.25) is 9.78 Å². The molecule has 1 aromatic heterocycles. The summed E-state index contributed by atoms with van der Waals surface area (Å²) in [6, 6.07) is 17.0. The van der Waals surface area contributed by atoms with Crippen molar-refractivity contribution in [3.63, 3.8) is 0 Å². The van der Waals surface area contributed by atoms with Gasteiger partial charge < -0.3 is 5.32 Å². The first-order valence-corrected chi connectivity index (χ1v) is 8.87. The van der Waals surface area contributed by atoms with E-state index in [9.17, 15) is 10.1 Å². The van der Waals surface area contributed by atoms with Crippen LogP contribution in [-0.4, -0.2) is 18.7 Å². The maximum absolute atomic E-state index is 12.7. The van der Waals surface area contributed by atoms with Gasteiger partial charge in [0.15, 0.2) is 0 Å². The van der Waals surface area contributed by atoms with Gasteiger partial charge in [-0.2, -0.15) is 5.26 Å². The van der Waals surface area contributed by atoms with E-state index in [1.54, 1.807) is 18.2 Å². The molecule has 3 rings (SSSR count). The molecule has 0 bridgehead atoms. The van der Waals surface area contributed by atoms with Gasteiger partial charge in [-0.05, 0) is 42.1 Å². The number of nitrogens with zero attached hydrogens (tertiary/aromatic N) is 2. The van der Waals surface area contributed by atoms with Crippen LogP contribution in [0.2, 0.25) is 0 Å². The van der Waals surface area contributed by atoms with Gasteiger partial charge in [0.2, 0.25) is 0 Å². The van der Waals surface area contributed by atoms with Gasteiger partial charge >= 0.3 is 0 Å². The first-order valence-electron chi connectivity index (χ1n) is 8.87. The number of nitriles is 1. The number of benzene rings is 1. The predicted molar refractivity (Wildman–Crippen MR) is 102 cm³/mol. The first kappa shape index (κ1) is 17.9. The monoisotopic (exact) mass is 341 g/mol. The maximum atomic E-state index is 12.7. The molecule has 1 fully saturated rings. The average Bonchev–Trinajstić information content (AvgIpc) is 3.19. The van der Waals surface area contributed by atoms with E-state index < -0.39 is 0 Å². The van der Waals surface area contributed by atoms with Crippen LogP contribution in [0.25, 0.3) is 6.08 Å². The van der Waals surface area contributed by atoms with Crippen LogP contribution in [0.5, 0.6) is 0 Å². The third-order valence-corrected chi connectivity index (χ3v) is 4.77. The van der Waals surface area contributed by atoms with Crippen molar-refractivity contribution < 1.29 is 4.79 Å². The maximum Gasteiger partial charge on any atom is 0.262 e. The number of carbonyl (C=O) groups excluding carboxylic acids is 1. The highest BCUT2D eigenvalue weighted by atomic mass is 16.1. The molecule has 0 spiro atoms. The number of amides is 1. The second kappa shape index (κ2) is 8.49. The normalized spacial score (nSPS) is 16.0. The van der Waals surface area contributed by atoms with Crippen molar-refractivity contribution in [2.75, 3.05) is 0 Å². The Bertz CT molecular complexity index is 836. The number of nitrogens with one attached hydrogen (secondary N) is 1. The summed E-state index contributed by atoms with van der Waals surface area (Å²) in [4.78, 5) is 16.9. The fraction of sp³-hybridized carbons (Fsp3) is 0.286. The number of pyridine rings is 1. The van der Waals surface area contributed by atoms with E-state index in [1.807, 2.05) is 36.4 Å². The predicted octanol–water partition coefficient (Wildman–Crippen LogP) is 2.83. The molecule has 2 radical (unpaired) electrons. The van der Waals surface area contributed by atoms with Gasteiger partial charge in [0.25, 0.3) is 5.91 Å². The van der Waals surface area contributed by atoms with Crippen LogP contribution in [-0.2, 0) is 4.79 Å². The molecule has 1 amide bonds. The molecular formula is C21H20BN3O. The molecule has 1 aliphatic carbocycles. The Morgan fingerprint density at radius 2 is 1.92 bits per heavy atom. The molecule has 128 valence electrons. The minimum atomic E-state index is -0.377. The van der Waals surface area contributed by atoms with Gasteiger partial charge in [-0.1, -0.05) is 55.3 Å². The van der Waals surface area contributed by atoms with Crippen molar-refractivity contribution in [1.29, 1.82) is 5.26 Å². The standard InChI is InChI=1S/C21H20BN3O/c22-19-12-6-11-18(24-19)13-17(14-23)21(26)25-20(16-9-4-5-10-16)15-7-2-1-3-8-15/h1-3,6-8,11-13,16,20H,4-5,9-10H2,(H,25,26)/b17-13+/t20-/m1/s1. The Kier molecular flexibility index (Phi) is 5.86. The molecular weight excluding hydrogens is 321 g/mol. The van der Waals surface area contributed by atoms with Crippen LogP contribution < -0.4 is 10.9 Å². The van der Waals surface area contributed by atoms with E-state index >= 15 is 0 Å². The molecule has 1 aromatic carbocycles. The van der Waals surface area contributed by atoms with Crippen LogP contribution in [0.4, 0.5) is 0 Å². The van der Waals surface area contributed by atoms with E-state index in [2.05, 4.69) is 10.3 Å². The van der Waals surface area contributed by atoms with E-state index in [0.717, 1.165) is 18.4 Å². The summed E-state index contributed by atoms with van der Waals surface area (Å²) in [5.74, 6) is 0.0178. The summed E-state index contributed by atoms with van der Waals surface area (Å²) in [6.45, 7) is 0. The molecule has 26 heavy (non-hydrogen) atoms. The van der Waals surface area contributed by atoms with Crippen molar-refractivity contribution in [2.24, 2.45) is 5.92 Å². The highest BCUT2D eigenvalue weighted by molar-refractivity contribution is 6.30. The molecule has 0 saturated heterocycles. The number of hydrogen-bond acceptors (Lipinski definition) is 3. The summed E-state index contributed by atoms with van der Waals surface area (Å²) < 4.78 is 0. The third-order valence-electron chi connectivity index (χ3n) is 4.77. The van der Waals surface area contributed by atoms with Crippen LogP contribution in [0.3, 0.4) is 0 Å². The first-order chi connectivity index (χ1) is 12.7. The average molecular weight is 341 g/mol.